The van der Waals surface area contributed by atoms with Crippen molar-refractivity contribution >= 4 is 21.6 Å². The second-order valence-electron chi connectivity index (χ2n) is 6.20. The Morgan fingerprint density at radius 2 is 2.00 bits per heavy atom. The molecule has 1 heterocycles. The van der Waals surface area contributed by atoms with Gasteiger partial charge in [0.05, 0.1) is 24.2 Å². The molecule has 2 fully saturated rings. The monoisotopic (exact) mass is 353 g/mol. The molecule has 132 valence electrons. The summed E-state index contributed by atoms with van der Waals surface area (Å²) in [5, 5.41) is 6.00. The Labute approximate surface area is 142 Å². The van der Waals surface area contributed by atoms with Crippen molar-refractivity contribution in [1.82, 2.24) is 9.62 Å². The summed E-state index contributed by atoms with van der Waals surface area (Å²) in [6.07, 6.45) is 2.20. The number of ether oxygens (including phenoxy) is 1. The number of hydrogen-bond donors (Lipinski definition) is 2. The second kappa shape index (κ2) is 7.18. The molecule has 0 radical (unpaired) electrons. The maximum Gasteiger partial charge on any atom is 0.243 e. The van der Waals surface area contributed by atoms with E-state index in [-0.39, 0.29) is 16.8 Å². The summed E-state index contributed by atoms with van der Waals surface area (Å²) >= 11 is 0. The minimum absolute atomic E-state index is 0.164. The maximum absolute atomic E-state index is 12.7. The quantitative estimate of drug-likeness (QED) is 0.789. The van der Waals surface area contributed by atoms with Crippen molar-refractivity contribution in [3.05, 3.63) is 24.3 Å². The molecule has 24 heavy (non-hydrogen) atoms. The van der Waals surface area contributed by atoms with E-state index in [0.717, 1.165) is 12.8 Å². The molecule has 1 aromatic carbocycles. The van der Waals surface area contributed by atoms with Crippen LogP contribution in [-0.4, -0.2) is 57.0 Å². The normalized spacial score (nSPS) is 20.5. The molecule has 8 heteroatoms. The number of amides is 1. The number of anilines is 1. The molecule has 1 saturated heterocycles. The number of carbonyl (C=O) groups is 1. The van der Waals surface area contributed by atoms with Crippen LogP contribution in [-0.2, 0) is 19.6 Å². The van der Waals surface area contributed by atoms with Gasteiger partial charge in [-0.3, -0.25) is 4.79 Å². The first-order valence-electron chi connectivity index (χ1n) is 8.22. The average molecular weight is 353 g/mol. The van der Waals surface area contributed by atoms with Crippen LogP contribution in [0.3, 0.4) is 0 Å². The summed E-state index contributed by atoms with van der Waals surface area (Å²) in [5.41, 5.74) is 0.485. The first kappa shape index (κ1) is 17.3. The molecule has 1 aliphatic carbocycles. The molecule has 0 bridgehead atoms. The van der Waals surface area contributed by atoms with Crippen molar-refractivity contribution in [2.75, 3.05) is 31.6 Å². The van der Waals surface area contributed by atoms with Crippen molar-refractivity contribution in [3.63, 3.8) is 0 Å². The third-order valence-corrected chi connectivity index (χ3v) is 6.06. The van der Waals surface area contributed by atoms with Gasteiger partial charge in [-0.15, -0.1) is 0 Å². The lowest BCUT2D eigenvalue weighted by Gasteiger charge is -2.26. The van der Waals surface area contributed by atoms with Gasteiger partial charge in [0.15, 0.2) is 0 Å². The number of benzene rings is 1. The van der Waals surface area contributed by atoms with Crippen LogP contribution in [0.4, 0.5) is 5.69 Å². The van der Waals surface area contributed by atoms with E-state index >= 15 is 0 Å². The lowest BCUT2D eigenvalue weighted by atomic mass is 10.2. The van der Waals surface area contributed by atoms with Crippen LogP contribution in [0.15, 0.2) is 29.2 Å². The highest BCUT2D eigenvalue weighted by atomic mass is 32.2. The molecule has 1 aromatic rings. The zero-order chi connectivity index (χ0) is 17.2. The smallest absolute Gasteiger partial charge is 0.243 e. The van der Waals surface area contributed by atoms with E-state index in [0.29, 0.717) is 38.0 Å². The molecule has 3 rings (SSSR count). The van der Waals surface area contributed by atoms with Crippen molar-refractivity contribution in [2.45, 2.75) is 36.7 Å². The van der Waals surface area contributed by atoms with Crippen LogP contribution in [0.25, 0.3) is 0 Å². The molecule has 0 spiro atoms. The Balaban J connectivity index is 1.69. The molecule has 1 unspecified atom stereocenters. The van der Waals surface area contributed by atoms with Gasteiger partial charge in [0.1, 0.15) is 0 Å². The zero-order valence-corrected chi connectivity index (χ0v) is 14.5. The molecular formula is C16H23N3O4S. The summed E-state index contributed by atoms with van der Waals surface area (Å²) in [7, 11) is -3.56. The van der Waals surface area contributed by atoms with Crippen LogP contribution < -0.4 is 10.6 Å². The Kier molecular flexibility index (Phi) is 5.19. The molecule has 0 aromatic heterocycles. The van der Waals surface area contributed by atoms with Gasteiger partial charge < -0.3 is 15.4 Å². The maximum atomic E-state index is 12.7. The zero-order valence-electron chi connectivity index (χ0n) is 13.7. The average Bonchev–Trinajstić information content (AvgIpc) is 3.40. The van der Waals surface area contributed by atoms with Crippen LogP contribution >= 0.6 is 0 Å². The summed E-state index contributed by atoms with van der Waals surface area (Å²) < 4.78 is 31.9. The molecule has 2 aliphatic rings. The van der Waals surface area contributed by atoms with Crippen molar-refractivity contribution in [2.24, 2.45) is 0 Å². The lowest BCUT2D eigenvalue weighted by Crippen LogP contribution is -2.40. The van der Waals surface area contributed by atoms with E-state index in [9.17, 15) is 13.2 Å². The van der Waals surface area contributed by atoms with E-state index in [1.165, 1.54) is 10.4 Å². The van der Waals surface area contributed by atoms with Gasteiger partial charge >= 0.3 is 0 Å². The van der Waals surface area contributed by atoms with Gasteiger partial charge in [0, 0.05) is 24.8 Å². The standard InChI is InChI=1S/C16H23N3O4S/c1-12(17-13-5-6-13)16(20)18-14-3-2-4-15(11-14)24(21,22)19-7-9-23-10-8-19/h2-4,11-13,17H,5-10H2,1H3,(H,18,20). The van der Waals surface area contributed by atoms with E-state index in [1.807, 2.05) is 6.92 Å². The SMILES string of the molecule is CC(NC1CC1)C(=O)Nc1cccc(S(=O)(=O)N2CCOCC2)c1. The fourth-order valence-corrected chi connectivity index (χ4v) is 4.05. The largest absolute Gasteiger partial charge is 0.379 e. The predicted octanol–water partition coefficient (Wildman–Crippen LogP) is 0.787. The van der Waals surface area contributed by atoms with Gasteiger partial charge in [-0.05, 0) is 38.0 Å². The third kappa shape index (κ3) is 4.13. The highest BCUT2D eigenvalue weighted by Crippen LogP contribution is 2.22. The van der Waals surface area contributed by atoms with Crippen LogP contribution in [0.2, 0.25) is 0 Å². The van der Waals surface area contributed by atoms with Gasteiger partial charge in [0.25, 0.3) is 0 Å². The number of nitrogens with one attached hydrogen (secondary N) is 2. The Hall–Kier alpha value is -1.48. The highest BCUT2D eigenvalue weighted by molar-refractivity contribution is 7.89. The number of carbonyl (C=O) groups excluding carboxylic acids is 1. The highest BCUT2D eigenvalue weighted by Gasteiger charge is 2.27. The summed E-state index contributed by atoms with van der Waals surface area (Å²) in [6, 6.07) is 6.51. The lowest BCUT2D eigenvalue weighted by molar-refractivity contribution is -0.117. The molecule has 1 atom stereocenters. The van der Waals surface area contributed by atoms with Gasteiger partial charge in [0.2, 0.25) is 15.9 Å². The Morgan fingerprint density at radius 3 is 2.67 bits per heavy atom. The van der Waals surface area contributed by atoms with E-state index in [4.69, 9.17) is 4.74 Å². The molecule has 7 nitrogen and oxygen atoms in total. The summed E-state index contributed by atoms with van der Waals surface area (Å²) in [6.45, 7) is 3.31. The van der Waals surface area contributed by atoms with Gasteiger partial charge in [-0.25, -0.2) is 8.42 Å². The van der Waals surface area contributed by atoms with Crippen LogP contribution in [0.1, 0.15) is 19.8 Å². The number of morpholine rings is 1. The fraction of sp³-hybridized carbons (Fsp3) is 0.562. The Bertz CT molecular complexity index is 697. The predicted molar refractivity (Wildman–Crippen MR) is 90.3 cm³/mol. The van der Waals surface area contributed by atoms with Crippen molar-refractivity contribution in [1.29, 1.82) is 0 Å². The van der Waals surface area contributed by atoms with E-state index in [2.05, 4.69) is 10.6 Å². The van der Waals surface area contributed by atoms with Crippen LogP contribution in [0.5, 0.6) is 0 Å². The first-order valence-corrected chi connectivity index (χ1v) is 9.66. The third-order valence-electron chi connectivity index (χ3n) is 4.17. The second-order valence-corrected chi connectivity index (χ2v) is 8.13. The minimum Gasteiger partial charge on any atom is -0.379 e. The molecule has 2 N–H and O–H groups in total. The van der Waals surface area contributed by atoms with Crippen LogP contribution in [0, 0.1) is 0 Å². The number of nitrogens with zero attached hydrogens (tertiary/aromatic N) is 1. The summed E-state index contributed by atoms with van der Waals surface area (Å²) in [4.78, 5) is 12.4. The van der Waals surface area contributed by atoms with E-state index in [1.54, 1.807) is 18.2 Å². The number of rotatable bonds is 6. The summed E-state index contributed by atoms with van der Waals surface area (Å²) in [5.74, 6) is -0.164. The van der Waals surface area contributed by atoms with E-state index < -0.39 is 10.0 Å². The number of sulfonamides is 1. The molecule has 1 saturated carbocycles. The number of hydrogen-bond acceptors (Lipinski definition) is 5. The fourth-order valence-electron chi connectivity index (χ4n) is 2.60. The molecular weight excluding hydrogens is 330 g/mol. The molecule has 1 amide bonds. The first-order chi connectivity index (χ1) is 11.5. The topological polar surface area (TPSA) is 87.7 Å². The minimum atomic E-state index is -3.56. The Morgan fingerprint density at radius 1 is 1.29 bits per heavy atom. The van der Waals surface area contributed by atoms with Gasteiger partial charge in [-0.2, -0.15) is 4.31 Å². The van der Waals surface area contributed by atoms with Crippen molar-refractivity contribution in [3.8, 4) is 0 Å². The van der Waals surface area contributed by atoms with Gasteiger partial charge in [-0.1, -0.05) is 6.07 Å². The van der Waals surface area contributed by atoms with Crippen molar-refractivity contribution < 1.29 is 17.9 Å². The molecule has 1 aliphatic heterocycles.